The summed E-state index contributed by atoms with van der Waals surface area (Å²) in [7, 11) is 0. The van der Waals surface area contributed by atoms with E-state index in [1.165, 1.54) is 37.0 Å². The van der Waals surface area contributed by atoms with Crippen LogP contribution in [0.15, 0.2) is 12.1 Å². The predicted octanol–water partition coefficient (Wildman–Crippen LogP) is 6.50. The summed E-state index contributed by atoms with van der Waals surface area (Å²) >= 11 is 14.5. The average Bonchev–Trinajstić information content (AvgIpc) is 3.01. The van der Waals surface area contributed by atoms with Crippen LogP contribution < -0.4 is 4.74 Å². The number of carboxylic acid groups (broad SMARTS) is 1. The molecule has 1 aromatic carbocycles. The normalized spacial score (nSPS) is 17.1. The van der Waals surface area contributed by atoms with E-state index in [2.05, 4.69) is 6.07 Å². The summed E-state index contributed by atoms with van der Waals surface area (Å²) in [5, 5.41) is 10.9. The molecule has 0 saturated heterocycles. The molecule has 130 valence electrons. The summed E-state index contributed by atoms with van der Waals surface area (Å²) in [5.41, 5.74) is 0. The number of ether oxygens (including phenoxy) is 1. The van der Waals surface area contributed by atoms with E-state index in [0.29, 0.717) is 28.1 Å². The fourth-order valence-corrected chi connectivity index (χ4v) is 5.07. The molecule has 6 heteroatoms. The standard InChI is InChI=1S/C18H20Cl2O3S/c1-2-12(18(21)22)23-13-8-11-9-14(10-6-4-3-5-7-10)24-17(11)16(20)15(13)19/h8-10,12H,2-7H2,1H3,(H,21,22). The lowest BCUT2D eigenvalue weighted by Gasteiger charge is -2.19. The van der Waals surface area contributed by atoms with Gasteiger partial charge in [-0.3, -0.25) is 0 Å². The Kier molecular flexibility index (Phi) is 5.58. The zero-order valence-electron chi connectivity index (χ0n) is 13.5. The molecule has 1 saturated carbocycles. The van der Waals surface area contributed by atoms with Crippen LogP contribution in [-0.4, -0.2) is 17.2 Å². The van der Waals surface area contributed by atoms with E-state index in [0.717, 1.165) is 10.1 Å². The zero-order valence-corrected chi connectivity index (χ0v) is 15.8. The van der Waals surface area contributed by atoms with Crippen LogP contribution in [0.3, 0.4) is 0 Å². The van der Waals surface area contributed by atoms with Crippen molar-refractivity contribution < 1.29 is 14.6 Å². The van der Waals surface area contributed by atoms with E-state index in [1.54, 1.807) is 18.3 Å². The topological polar surface area (TPSA) is 46.5 Å². The number of halogens is 2. The highest BCUT2D eigenvalue weighted by Gasteiger charge is 2.23. The summed E-state index contributed by atoms with van der Waals surface area (Å²) in [5.74, 6) is -0.0628. The number of hydrogen-bond donors (Lipinski definition) is 1. The van der Waals surface area contributed by atoms with Gasteiger partial charge in [-0.15, -0.1) is 11.3 Å². The van der Waals surface area contributed by atoms with Gasteiger partial charge < -0.3 is 9.84 Å². The van der Waals surface area contributed by atoms with Crippen LogP contribution >= 0.6 is 34.5 Å². The molecule has 2 aromatic rings. The molecule has 0 spiro atoms. The Bertz CT molecular complexity index is 750. The maximum atomic E-state index is 11.2. The van der Waals surface area contributed by atoms with Crippen molar-refractivity contribution in [2.24, 2.45) is 0 Å². The van der Waals surface area contributed by atoms with Gasteiger partial charge in [0.25, 0.3) is 0 Å². The molecule has 1 unspecified atom stereocenters. The smallest absolute Gasteiger partial charge is 0.344 e. The number of aliphatic carboxylic acids is 1. The third kappa shape index (κ3) is 3.51. The Hall–Kier alpha value is -0.970. The summed E-state index contributed by atoms with van der Waals surface area (Å²) < 4.78 is 6.54. The van der Waals surface area contributed by atoms with Gasteiger partial charge in [0.15, 0.2) is 6.10 Å². The first kappa shape index (κ1) is 17.8. The number of thiophene rings is 1. The molecule has 3 nitrogen and oxygen atoms in total. The Morgan fingerprint density at radius 2 is 2.00 bits per heavy atom. The summed E-state index contributed by atoms with van der Waals surface area (Å²) in [6.07, 6.45) is 5.75. The minimum absolute atomic E-state index is 0.293. The van der Waals surface area contributed by atoms with E-state index >= 15 is 0 Å². The fourth-order valence-electron chi connectivity index (χ4n) is 3.25. The van der Waals surface area contributed by atoms with Crippen LogP contribution in [-0.2, 0) is 4.79 Å². The summed E-state index contributed by atoms with van der Waals surface area (Å²) in [4.78, 5) is 12.5. The maximum absolute atomic E-state index is 11.2. The highest BCUT2D eigenvalue weighted by molar-refractivity contribution is 7.19. The van der Waals surface area contributed by atoms with E-state index in [9.17, 15) is 9.90 Å². The lowest BCUT2D eigenvalue weighted by molar-refractivity contribution is -0.145. The number of carbonyl (C=O) groups is 1. The molecule has 1 fully saturated rings. The van der Waals surface area contributed by atoms with Crippen LogP contribution in [0.4, 0.5) is 0 Å². The molecule has 1 N–H and O–H groups in total. The summed E-state index contributed by atoms with van der Waals surface area (Å²) in [6.45, 7) is 1.76. The molecule has 0 aliphatic heterocycles. The fraction of sp³-hybridized carbons (Fsp3) is 0.500. The van der Waals surface area contributed by atoms with E-state index < -0.39 is 12.1 Å². The van der Waals surface area contributed by atoms with Crippen LogP contribution in [0.1, 0.15) is 56.2 Å². The van der Waals surface area contributed by atoms with Crippen molar-refractivity contribution >= 4 is 50.6 Å². The van der Waals surface area contributed by atoms with Crippen LogP contribution in [0, 0.1) is 0 Å². The third-order valence-corrected chi connectivity index (χ3v) is 6.89. The number of carboxylic acids is 1. The van der Waals surface area contributed by atoms with Crippen molar-refractivity contribution in [2.75, 3.05) is 0 Å². The van der Waals surface area contributed by atoms with E-state index in [4.69, 9.17) is 27.9 Å². The first-order valence-corrected chi connectivity index (χ1v) is 9.89. The van der Waals surface area contributed by atoms with Gasteiger partial charge in [0.05, 0.1) is 9.72 Å². The van der Waals surface area contributed by atoms with Gasteiger partial charge >= 0.3 is 5.97 Å². The zero-order chi connectivity index (χ0) is 17.3. The Labute approximate surface area is 155 Å². The first-order chi connectivity index (χ1) is 11.5. The van der Waals surface area contributed by atoms with Gasteiger partial charge in [-0.1, -0.05) is 49.4 Å². The molecular weight excluding hydrogens is 367 g/mol. The molecule has 1 aliphatic rings. The number of benzene rings is 1. The van der Waals surface area contributed by atoms with Crippen molar-refractivity contribution in [3.05, 3.63) is 27.1 Å². The molecule has 1 aliphatic carbocycles. The van der Waals surface area contributed by atoms with E-state index in [1.807, 2.05) is 6.07 Å². The second-order valence-corrected chi connectivity index (χ2v) is 8.10. The highest BCUT2D eigenvalue weighted by atomic mass is 35.5. The number of rotatable bonds is 5. The first-order valence-electron chi connectivity index (χ1n) is 8.32. The molecule has 0 radical (unpaired) electrons. The minimum atomic E-state index is -1.00. The van der Waals surface area contributed by atoms with Crippen molar-refractivity contribution in [1.82, 2.24) is 0 Å². The van der Waals surface area contributed by atoms with Gasteiger partial charge in [0.2, 0.25) is 0 Å². The van der Waals surface area contributed by atoms with Crippen molar-refractivity contribution in [1.29, 1.82) is 0 Å². The molecule has 24 heavy (non-hydrogen) atoms. The molecule has 0 bridgehead atoms. The largest absolute Gasteiger partial charge is 0.479 e. The molecule has 0 amide bonds. The Morgan fingerprint density at radius 1 is 1.29 bits per heavy atom. The van der Waals surface area contributed by atoms with Crippen LogP contribution in [0.2, 0.25) is 10.0 Å². The predicted molar refractivity (Wildman–Crippen MR) is 100 cm³/mol. The molecular formula is C18H20Cl2O3S. The van der Waals surface area contributed by atoms with Crippen LogP contribution in [0.25, 0.3) is 10.1 Å². The SMILES string of the molecule is CCC(Oc1cc2cc(C3CCCCC3)sc2c(Cl)c1Cl)C(=O)O. The molecule has 1 heterocycles. The van der Waals surface area contributed by atoms with Gasteiger partial charge in [0.1, 0.15) is 10.8 Å². The Morgan fingerprint density at radius 3 is 2.62 bits per heavy atom. The summed E-state index contributed by atoms with van der Waals surface area (Å²) in [6, 6.07) is 3.98. The lowest BCUT2D eigenvalue weighted by atomic mass is 9.88. The number of fused-ring (bicyclic) bond motifs is 1. The second-order valence-electron chi connectivity index (χ2n) is 6.26. The van der Waals surface area contributed by atoms with Gasteiger partial charge in [-0.25, -0.2) is 4.79 Å². The minimum Gasteiger partial charge on any atom is -0.479 e. The van der Waals surface area contributed by atoms with Crippen LogP contribution in [0.5, 0.6) is 5.75 Å². The second kappa shape index (κ2) is 7.51. The van der Waals surface area contributed by atoms with Crippen molar-refractivity contribution in [3.8, 4) is 5.75 Å². The van der Waals surface area contributed by atoms with Crippen molar-refractivity contribution in [2.45, 2.75) is 57.5 Å². The number of hydrogen-bond acceptors (Lipinski definition) is 3. The molecule has 1 atom stereocenters. The lowest BCUT2D eigenvalue weighted by Crippen LogP contribution is -2.26. The quantitative estimate of drug-likeness (QED) is 0.637. The molecule has 3 rings (SSSR count). The Balaban J connectivity index is 1.97. The van der Waals surface area contributed by atoms with Gasteiger partial charge in [-0.05, 0) is 42.7 Å². The van der Waals surface area contributed by atoms with Gasteiger partial charge in [-0.2, -0.15) is 0 Å². The van der Waals surface area contributed by atoms with E-state index in [-0.39, 0.29) is 0 Å². The monoisotopic (exact) mass is 386 g/mol. The maximum Gasteiger partial charge on any atom is 0.344 e. The third-order valence-electron chi connectivity index (χ3n) is 4.60. The average molecular weight is 387 g/mol. The molecule has 1 aromatic heterocycles. The van der Waals surface area contributed by atoms with Crippen molar-refractivity contribution in [3.63, 3.8) is 0 Å². The highest BCUT2D eigenvalue weighted by Crippen LogP contribution is 2.46. The van der Waals surface area contributed by atoms with Gasteiger partial charge in [0, 0.05) is 4.88 Å².